The number of carbonyl (C=O) groups excluding carboxylic acids is 1. The van der Waals surface area contributed by atoms with Gasteiger partial charge in [0.15, 0.2) is 0 Å². The summed E-state index contributed by atoms with van der Waals surface area (Å²) < 4.78 is 7.40. The Morgan fingerprint density at radius 1 is 1.03 bits per heavy atom. The van der Waals surface area contributed by atoms with Crippen molar-refractivity contribution in [1.29, 1.82) is 0 Å². The fourth-order valence-electron chi connectivity index (χ4n) is 4.06. The summed E-state index contributed by atoms with van der Waals surface area (Å²) in [6.45, 7) is 8.27. The average molecular weight is 428 g/mol. The molecule has 3 rings (SSSR count). The van der Waals surface area contributed by atoms with Crippen molar-refractivity contribution in [2.75, 3.05) is 13.1 Å². The Hall–Kier alpha value is -2.37. The standard InChI is InChI=1S/C22H29N4O3P/c1-22(2,3)30(20-12-14-23-15-13-20,25-16-6-4-5-7-17-25)24-21(27)18-8-10-19(11-9-18)26(28)29/h8-15H,4-7,16-17H2,1-3H3/t30-/m1/s1. The van der Waals surface area contributed by atoms with E-state index in [1.54, 1.807) is 12.4 Å². The number of hydrogen-bond donors (Lipinski definition) is 0. The number of carbonyl (C=O) groups is 1. The molecule has 1 amide bonds. The van der Waals surface area contributed by atoms with Crippen molar-refractivity contribution >= 4 is 24.1 Å². The van der Waals surface area contributed by atoms with Crippen LogP contribution in [0.2, 0.25) is 0 Å². The lowest BCUT2D eigenvalue weighted by Gasteiger charge is -2.45. The Kier molecular flexibility index (Phi) is 6.84. The summed E-state index contributed by atoms with van der Waals surface area (Å²) in [6.07, 6.45) is 8.08. The molecular weight excluding hydrogens is 399 g/mol. The highest BCUT2D eigenvalue weighted by atomic mass is 31.2. The highest BCUT2D eigenvalue weighted by Gasteiger charge is 2.42. The normalized spacial score (nSPS) is 17.6. The molecule has 0 spiro atoms. The maximum absolute atomic E-state index is 13.3. The second-order valence-corrected chi connectivity index (χ2v) is 12.4. The average Bonchev–Trinajstić information content (AvgIpc) is 3.01. The van der Waals surface area contributed by atoms with E-state index in [1.807, 2.05) is 12.1 Å². The Morgan fingerprint density at radius 3 is 2.10 bits per heavy atom. The number of amides is 1. The molecule has 7 nitrogen and oxygen atoms in total. The van der Waals surface area contributed by atoms with Crippen molar-refractivity contribution in [2.45, 2.75) is 51.6 Å². The van der Waals surface area contributed by atoms with Gasteiger partial charge < -0.3 is 0 Å². The van der Waals surface area contributed by atoms with E-state index in [-0.39, 0.29) is 16.8 Å². The van der Waals surface area contributed by atoms with Crippen LogP contribution in [-0.2, 0) is 0 Å². The summed E-state index contributed by atoms with van der Waals surface area (Å²) in [7, 11) is -2.45. The molecule has 1 saturated heterocycles. The van der Waals surface area contributed by atoms with Crippen molar-refractivity contribution in [2.24, 2.45) is 4.74 Å². The molecule has 30 heavy (non-hydrogen) atoms. The van der Waals surface area contributed by atoms with Crippen LogP contribution in [0.15, 0.2) is 53.5 Å². The van der Waals surface area contributed by atoms with Gasteiger partial charge in [0, 0.05) is 53.6 Å². The summed E-state index contributed by atoms with van der Waals surface area (Å²) in [5.41, 5.74) is 0.336. The Morgan fingerprint density at radius 2 is 1.60 bits per heavy atom. The van der Waals surface area contributed by atoms with Gasteiger partial charge in [0.25, 0.3) is 11.6 Å². The van der Waals surface area contributed by atoms with Gasteiger partial charge in [0.2, 0.25) is 0 Å². The second-order valence-electron chi connectivity index (χ2n) is 8.55. The van der Waals surface area contributed by atoms with E-state index in [9.17, 15) is 14.9 Å². The molecule has 1 aromatic carbocycles. The quantitative estimate of drug-likeness (QED) is 0.377. The molecule has 1 aliphatic heterocycles. The Balaban J connectivity index is 2.18. The van der Waals surface area contributed by atoms with E-state index >= 15 is 0 Å². The fourth-order valence-corrected chi connectivity index (χ4v) is 8.34. The van der Waals surface area contributed by atoms with Crippen LogP contribution >= 0.6 is 7.21 Å². The number of non-ortho nitro benzene ring substituents is 1. The number of rotatable bonds is 4. The summed E-state index contributed by atoms with van der Waals surface area (Å²) in [4.78, 5) is 28.0. The van der Waals surface area contributed by atoms with Gasteiger partial charge in [-0.1, -0.05) is 33.6 Å². The second kappa shape index (κ2) is 9.19. The molecule has 160 valence electrons. The molecule has 1 atom stereocenters. The van der Waals surface area contributed by atoms with Crippen molar-refractivity contribution in [1.82, 2.24) is 9.65 Å². The zero-order chi connectivity index (χ0) is 21.8. The first-order chi connectivity index (χ1) is 14.3. The fraction of sp³-hybridized carbons (Fsp3) is 0.455. The van der Waals surface area contributed by atoms with E-state index in [1.165, 1.54) is 37.1 Å². The number of pyridine rings is 1. The monoisotopic (exact) mass is 428 g/mol. The van der Waals surface area contributed by atoms with Gasteiger partial charge in [-0.15, -0.1) is 0 Å². The minimum Gasteiger partial charge on any atom is -0.267 e. The maximum Gasteiger partial charge on any atom is 0.277 e. The molecule has 1 fully saturated rings. The first kappa shape index (κ1) is 22.3. The molecule has 0 N–H and O–H groups in total. The van der Waals surface area contributed by atoms with Gasteiger partial charge in [0.05, 0.1) is 12.1 Å². The minimum atomic E-state index is -2.45. The van der Waals surface area contributed by atoms with E-state index in [0.717, 1.165) is 31.2 Å². The van der Waals surface area contributed by atoms with E-state index in [0.29, 0.717) is 5.56 Å². The SMILES string of the molecule is CC(C)(C)[P@@](=NC(=O)c1ccc([N+](=O)[O-])cc1)(c1ccncc1)N1CCCCCC1. The lowest BCUT2D eigenvalue weighted by molar-refractivity contribution is -0.384. The molecule has 1 aliphatic rings. The molecule has 0 aliphatic carbocycles. The topological polar surface area (TPSA) is 88.7 Å². The van der Waals surface area contributed by atoms with Crippen LogP contribution in [0.5, 0.6) is 0 Å². The van der Waals surface area contributed by atoms with Crippen LogP contribution < -0.4 is 5.30 Å². The molecule has 0 unspecified atom stereocenters. The molecule has 2 heterocycles. The zero-order valence-electron chi connectivity index (χ0n) is 17.8. The lowest BCUT2D eigenvalue weighted by atomic mass is 10.2. The number of nitro groups is 1. The van der Waals surface area contributed by atoms with Crippen molar-refractivity contribution in [3.63, 3.8) is 0 Å². The predicted octanol–water partition coefficient (Wildman–Crippen LogP) is 5.25. The van der Waals surface area contributed by atoms with Crippen LogP contribution in [0.3, 0.4) is 0 Å². The number of nitro benzene ring substituents is 1. The molecule has 0 bridgehead atoms. The first-order valence-corrected chi connectivity index (χ1v) is 12.0. The van der Waals surface area contributed by atoms with Crippen LogP contribution in [0.25, 0.3) is 0 Å². The van der Waals surface area contributed by atoms with Gasteiger partial charge in [-0.25, -0.2) is 4.74 Å². The van der Waals surface area contributed by atoms with Crippen LogP contribution in [0.1, 0.15) is 56.8 Å². The smallest absolute Gasteiger partial charge is 0.267 e. The Labute approximate surface area is 177 Å². The number of aromatic nitrogens is 1. The molecule has 0 saturated carbocycles. The number of hydrogen-bond acceptors (Lipinski definition) is 4. The van der Waals surface area contributed by atoms with Crippen LogP contribution in [0, 0.1) is 10.1 Å². The lowest BCUT2D eigenvalue weighted by Crippen LogP contribution is -2.37. The molecule has 8 heteroatoms. The van der Waals surface area contributed by atoms with Gasteiger partial charge in [0.1, 0.15) is 0 Å². The maximum atomic E-state index is 13.3. The Bertz CT molecular complexity index is 945. The van der Waals surface area contributed by atoms with Crippen LogP contribution in [-0.4, -0.2) is 38.7 Å². The largest absolute Gasteiger partial charge is 0.277 e. The summed E-state index contributed by atoms with van der Waals surface area (Å²) >= 11 is 0. The highest BCUT2D eigenvalue weighted by molar-refractivity contribution is 7.73. The van der Waals surface area contributed by atoms with Gasteiger partial charge >= 0.3 is 0 Å². The zero-order valence-corrected chi connectivity index (χ0v) is 18.7. The summed E-state index contributed by atoms with van der Waals surface area (Å²) in [5.74, 6) is -0.325. The minimum absolute atomic E-state index is 0.0370. The molecule has 0 radical (unpaired) electrons. The molecule has 1 aromatic heterocycles. The van der Waals surface area contributed by atoms with E-state index in [2.05, 4.69) is 30.4 Å². The van der Waals surface area contributed by atoms with Crippen molar-refractivity contribution in [3.8, 4) is 0 Å². The predicted molar refractivity (Wildman–Crippen MR) is 120 cm³/mol. The van der Waals surface area contributed by atoms with Crippen LogP contribution in [0.4, 0.5) is 5.69 Å². The van der Waals surface area contributed by atoms with Gasteiger partial charge in [-0.2, -0.15) is 0 Å². The highest BCUT2D eigenvalue weighted by Crippen LogP contribution is 2.63. The van der Waals surface area contributed by atoms with Crippen molar-refractivity contribution < 1.29 is 9.72 Å². The third kappa shape index (κ3) is 4.52. The third-order valence-corrected chi connectivity index (χ3v) is 10.1. The van der Waals surface area contributed by atoms with Crippen molar-refractivity contribution in [3.05, 3.63) is 64.5 Å². The van der Waals surface area contributed by atoms with Gasteiger partial charge in [-0.3, -0.25) is 24.6 Å². The van der Waals surface area contributed by atoms with Gasteiger partial charge in [-0.05, 0) is 37.1 Å². The van der Waals surface area contributed by atoms with E-state index < -0.39 is 12.1 Å². The van der Waals surface area contributed by atoms with E-state index in [4.69, 9.17) is 4.74 Å². The molecule has 2 aromatic rings. The first-order valence-electron chi connectivity index (χ1n) is 10.3. The summed E-state index contributed by atoms with van der Waals surface area (Å²) in [5, 5.41) is 11.7. The molecular formula is C22H29N4O3P. The third-order valence-electron chi connectivity index (χ3n) is 5.51. The summed E-state index contributed by atoms with van der Waals surface area (Å²) in [6, 6.07) is 9.68. The number of benzene rings is 1. The number of nitrogens with zero attached hydrogens (tertiary/aromatic N) is 4.